The van der Waals surface area contributed by atoms with Gasteiger partial charge in [0.05, 0.1) is 0 Å². The predicted molar refractivity (Wildman–Crippen MR) is 87.7 cm³/mol. The van der Waals surface area contributed by atoms with Crippen LogP contribution in [0.25, 0.3) is 0 Å². The summed E-state index contributed by atoms with van der Waals surface area (Å²) < 4.78 is 8.94. The van der Waals surface area contributed by atoms with Crippen LogP contribution in [0.3, 0.4) is 0 Å². The fraction of sp³-hybridized carbons (Fsp3) is 0.429. The summed E-state index contributed by atoms with van der Waals surface area (Å²) in [7, 11) is 0. The molecule has 4 heteroatoms. The second kappa shape index (κ2) is 6.16. The quantitative estimate of drug-likeness (QED) is 0.472. The summed E-state index contributed by atoms with van der Waals surface area (Å²) in [4.78, 5) is 0. The third-order valence-electron chi connectivity index (χ3n) is 4.15. The van der Waals surface area contributed by atoms with Crippen LogP contribution in [0.15, 0.2) is 42.1 Å². The van der Waals surface area contributed by atoms with Crippen molar-refractivity contribution in [3.8, 4) is 0 Å². The molecule has 0 fully saturated rings. The van der Waals surface area contributed by atoms with E-state index in [1.807, 2.05) is 6.66 Å². The molecule has 0 aromatic carbocycles. The van der Waals surface area contributed by atoms with E-state index in [-0.39, 0.29) is 24.8 Å². The van der Waals surface area contributed by atoms with Gasteiger partial charge in [0.15, 0.2) is 0 Å². The number of halogens is 2. The van der Waals surface area contributed by atoms with Crippen LogP contribution >= 0.6 is 24.8 Å². The Balaban J connectivity index is 0.00000144. The Morgan fingerprint density at radius 2 is 1.22 bits per heavy atom. The van der Waals surface area contributed by atoms with Crippen molar-refractivity contribution < 1.29 is 15.4 Å². The Kier molecular flexibility index (Phi) is 6.48. The average molecular weight is 514 g/mol. The van der Waals surface area contributed by atoms with Gasteiger partial charge in [-0.2, -0.15) is 0 Å². The van der Waals surface area contributed by atoms with Crippen LogP contribution in [0, 0.1) is 0 Å². The van der Waals surface area contributed by atoms with Crippen LogP contribution in [-0.4, -0.2) is 12.2 Å². The minimum Gasteiger partial charge on any atom is -0.147 e. The summed E-state index contributed by atoms with van der Waals surface area (Å²) in [6.45, 7) is 4.48. The van der Waals surface area contributed by atoms with Crippen molar-refractivity contribution in [1.82, 2.24) is 0 Å². The second-order valence-electron chi connectivity index (χ2n) is 6.33. The van der Waals surface area contributed by atoms with Gasteiger partial charge >= 0.3 is 106 Å². The van der Waals surface area contributed by atoms with E-state index in [1.54, 1.807) is 0 Å². The van der Waals surface area contributed by atoms with Crippen LogP contribution < -0.4 is 0 Å². The normalized spacial score (nSPS) is 19.2. The second-order valence-corrected chi connectivity index (χ2v) is 66.7. The summed E-state index contributed by atoms with van der Waals surface area (Å²) in [5.41, 5.74) is 2.97. The largest absolute Gasteiger partial charge is 0.147 e. The fourth-order valence-electron chi connectivity index (χ4n) is 2.65. The van der Waals surface area contributed by atoms with E-state index in [1.165, 1.54) is 36.2 Å². The molecule has 0 nitrogen and oxygen atoms in total. The van der Waals surface area contributed by atoms with E-state index in [4.69, 9.17) is 0 Å². The average Bonchev–Trinajstić information content (AvgIpc) is 2.73. The zero-order valence-electron chi connectivity index (χ0n) is 11.7. The molecular weight excluding hydrogens is 490 g/mol. The first kappa shape index (κ1) is 19.0. The molecule has 18 heavy (non-hydrogen) atoms. The molecule has 0 amide bonds. The Hall–Kier alpha value is 0.953. The first-order chi connectivity index (χ1) is 7.28. The van der Waals surface area contributed by atoms with Crippen LogP contribution in [0.2, 0.25) is 9.36 Å². The Morgan fingerprint density at radius 1 is 0.889 bits per heavy atom. The molecular formula is C14H24Cl2GeHf. The van der Waals surface area contributed by atoms with Crippen molar-refractivity contribution >= 4 is 37.0 Å². The zero-order valence-corrected chi connectivity index (χ0v) is 19.9. The molecule has 0 atom stereocenters. The Morgan fingerprint density at radius 3 is 1.44 bits per heavy atom. The van der Waals surface area contributed by atoms with Crippen molar-refractivity contribution in [2.75, 3.05) is 0 Å². The summed E-state index contributed by atoms with van der Waals surface area (Å²) >= 11 is -1.22. The fourth-order valence-corrected chi connectivity index (χ4v) is 23.0. The van der Waals surface area contributed by atoms with Gasteiger partial charge in [-0.05, 0) is 0 Å². The topological polar surface area (TPSA) is 0 Å². The van der Waals surface area contributed by atoms with Gasteiger partial charge in [0.2, 0.25) is 0 Å². The SMILES string of the molecule is CC1=CC[C]([Hf]([CH3])([CH3])(=[GeH2])[C]2=CC(C)=CC2)=C1.Cl.Cl. The molecule has 2 rings (SSSR count). The third-order valence-corrected chi connectivity index (χ3v) is 37.1. The van der Waals surface area contributed by atoms with Crippen molar-refractivity contribution in [2.24, 2.45) is 0 Å². The van der Waals surface area contributed by atoms with Crippen LogP contribution in [-0.2, 0) is 15.4 Å². The molecule has 0 heterocycles. The molecule has 0 saturated carbocycles. The van der Waals surface area contributed by atoms with Crippen molar-refractivity contribution in [3.05, 3.63) is 42.1 Å². The van der Waals surface area contributed by atoms with E-state index in [2.05, 4.69) is 47.5 Å². The maximum atomic E-state index is 2.65. The summed E-state index contributed by atoms with van der Waals surface area (Å²) in [5.74, 6) is 0. The molecule has 0 bridgehead atoms. The number of hydrogen-bond donors (Lipinski definition) is 0. The zero-order chi connectivity index (χ0) is 12.0. The molecule has 0 aromatic heterocycles. The van der Waals surface area contributed by atoms with E-state index < -0.39 is 15.4 Å². The van der Waals surface area contributed by atoms with Gasteiger partial charge in [0, 0.05) is 0 Å². The minimum absolute atomic E-state index is 0. The van der Waals surface area contributed by atoms with Gasteiger partial charge < -0.3 is 0 Å². The van der Waals surface area contributed by atoms with Gasteiger partial charge in [0.1, 0.15) is 0 Å². The molecule has 102 valence electrons. The Bertz CT molecular complexity index is 488. The molecule has 0 radical (unpaired) electrons. The minimum atomic E-state index is -2.73. The van der Waals surface area contributed by atoms with E-state index in [9.17, 15) is 0 Å². The monoisotopic (exact) mass is 516 g/mol. The van der Waals surface area contributed by atoms with Gasteiger partial charge in [-0.15, -0.1) is 24.8 Å². The first-order valence-corrected chi connectivity index (χ1v) is 31.6. The number of hydrogen-bond acceptors (Lipinski definition) is 0. The van der Waals surface area contributed by atoms with Crippen molar-refractivity contribution in [3.63, 3.8) is 0 Å². The molecule has 0 N–H and O–H groups in total. The maximum Gasteiger partial charge on any atom is -0.147 e. The Labute approximate surface area is 129 Å². The predicted octanol–water partition coefficient (Wildman–Crippen LogP) is 4.63. The molecule has 0 saturated heterocycles. The molecule has 0 unspecified atom stereocenters. The maximum absolute atomic E-state index is 2.73. The van der Waals surface area contributed by atoms with Crippen LogP contribution in [0.5, 0.6) is 0 Å². The number of allylic oxidation sites excluding steroid dienone is 8. The van der Waals surface area contributed by atoms with Crippen molar-refractivity contribution in [2.45, 2.75) is 36.0 Å². The first-order valence-electron chi connectivity index (χ1n) is 6.11. The number of rotatable bonds is 2. The molecule has 2 aliphatic carbocycles. The standard InChI is InChI=1S/2C6H7.2CH3.2ClH.GeH2.Hf/c2*1-6-4-2-3-5-6;;;;;;/h2*4-5H,2H2,1H3;2*1H3;2*1H;1H2;. The molecule has 0 spiro atoms. The van der Waals surface area contributed by atoms with Gasteiger partial charge in [-0.25, -0.2) is 0 Å². The van der Waals surface area contributed by atoms with Gasteiger partial charge in [-0.3, -0.25) is 0 Å². The van der Waals surface area contributed by atoms with E-state index in [0.717, 1.165) is 0 Å². The summed E-state index contributed by atoms with van der Waals surface area (Å²) in [5, 5.41) is 0. The van der Waals surface area contributed by atoms with Crippen molar-refractivity contribution in [1.29, 1.82) is 0 Å². The molecule has 0 aromatic rings. The third kappa shape index (κ3) is 3.53. The molecule has 0 aliphatic heterocycles. The molecule has 2 aliphatic rings. The van der Waals surface area contributed by atoms with E-state index >= 15 is 0 Å². The summed E-state index contributed by atoms with van der Waals surface area (Å²) in [6, 6.07) is 0. The van der Waals surface area contributed by atoms with Crippen LogP contribution in [0.1, 0.15) is 26.7 Å². The smallest absolute Gasteiger partial charge is 0.147 e. The van der Waals surface area contributed by atoms with Gasteiger partial charge in [0.25, 0.3) is 0 Å². The van der Waals surface area contributed by atoms with E-state index in [0.29, 0.717) is 0 Å². The van der Waals surface area contributed by atoms with Crippen LogP contribution in [0.4, 0.5) is 0 Å². The van der Waals surface area contributed by atoms with Gasteiger partial charge in [-0.1, -0.05) is 0 Å². The summed E-state index contributed by atoms with van der Waals surface area (Å²) in [6.07, 6.45) is 12.3.